The van der Waals surface area contributed by atoms with Crippen LogP contribution in [-0.2, 0) is 0 Å². The molecule has 0 aromatic heterocycles. The molecule has 0 spiro atoms. The van der Waals surface area contributed by atoms with E-state index in [9.17, 15) is 0 Å². The summed E-state index contributed by atoms with van der Waals surface area (Å²) in [5.74, 6) is 2.61. The third-order valence-electron chi connectivity index (χ3n) is 4.37. The minimum absolute atomic E-state index is 0.273. The Balaban J connectivity index is 2.03. The van der Waals surface area contributed by atoms with Gasteiger partial charge in [-0.1, -0.05) is 0 Å². The monoisotopic (exact) mass is 257 g/mol. The Bertz CT molecular complexity index is 239. The van der Waals surface area contributed by atoms with E-state index >= 15 is 0 Å². The summed E-state index contributed by atoms with van der Waals surface area (Å²) in [5.41, 5.74) is 6.41. The molecular formula is C13H27N3S. The number of nitrogens with zero attached hydrogens (tertiary/aromatic N) is 2. The topological polar surface area (TPSA) is 32.5 Å². The lowest BCUT2D eigenvalue weighted by atomic mass is 9.95. The molecule has 17 heavy (non-hydrogen) atoms. The molecule has 2 rings (SSSR count). The van der Waals surface area contributed by atoms with Gasteiger partial charge in [0, 0.05) is 43.5 Å². The highest BCUT2D eigenvalue weighted by molar-refractivity contribution is 7.99. The Morgan fingerprint density at radius 1 is 1.24 bits per heavy atom. The van der Waals surface area contributed by atoms with E-state index < -0.39 is 0 Å². The van der Waals surface area contributed by atoms with Gasteiger partial charge in [-0.3, -0.25) is 9.80 Å². The second-order valence-electron chi connectivity index (χ2n) is 5.70. The first-order valence-corrected chi connectivity index (χ1v) is 8.10. The van der Waals surface area contributed by atoms with E-state index in [1.54, 1.807) is 0 Å². The fraction of sp³-hybridized carbons (Fsp3) is 1.00. The minimum Gasteiger partial charge on any atom is -0.329 e. The molecule has 1 unspecified atom stereocenters. The molecule has 2 aliphatic rings. The van der Waals surface area contributed by atoms with Gasteiger partial charge < -0.3 is 5.73 Å². The maximum atomic E-state index is 6.14. The van der Waals surface area contributed by atoms with Crippen LogP contribution in [0.3, 0.4) is 0 Å². The van der Waals surface area contributed by atoms with E-state index in [4.69, 9.17) is 5.73 Å². The second kappa shape index (κ2) is 5.91. The Hall–Kier alpha value is 0.230. The molecule has 0 aromatic carbocycles. The fourth-order valence-corrected chi connectivity index (χ4v) is 3.99. The van der Waals surface area contributed by atoms with Crippen LogP contribution < -0.4 is 5.73 Å². The second-order valence-corrected chi connectivity index (χ2v) is 6.92. The first-order valence-electron chi connectivity index (χ1n) is 6.95. The van der Waals surface area contributed by atoms with Gasteiger partial charge in [-0.25, -0.2) is 0 Å². The van der Waals surface area contributed by atoms with Gasteiger partial charge in [0.25, 0.3) is 0 Å². The summed E-state index contributed by atoms with van der Waals surface area (Å²) >= 11 is 2.10. The SMILES string of the molecule is CC(C)N1CCC(CN)(N2CCCSCC2)C1. The number of hydrogen-bond acceptors (Lipinski definition) is 4. The molecule has 2 N–H and O–H groups in total. The molecule has 4 heteroatoms. The molecule has 0 amide bonds. The van der Waals surface area contributed by atoms with Gasteiger partial charge in [0.2, 0.25) is 0 Å². The molecule has 0 aliphatic carbocycles. The number of likely N-dealkylation sites (tertiary alicyclic amines) is 1. The molecule has 2 fully saturated rings. The third-order valence-corrected chi connectivity index (χ3v) is 5.41. The highest BCUT2D eigenvalue weighted by atomic mass is 32.2. The van der Waals surface area contributed by atoms with Gasteiger partial charge in [0.15, 0.2) is 0 Å². The molecule has 0 aromatic rings. The van der Waals surface area contributed by atoms with Gasteiger partial charge in [0.05, 0.1) is 0 Å². The van der Waals surface area contributed by atoms with Gasteiger partial charge in [-0.05, 0) is 39.0 Å². The Morgan fingerprint density at radius 2 is 2.06 bits per heavy atom. The van der Waals surface area contributed by atoms with Crippen molar-refractivity contribution in [1.82, 2.24) is 9.80 Å². The van der Waals surface area contributed by atoms with Crippen molar-refractivity contribution in [2.75, 3.05) is 44.2 Å². The molecule has 3 nitrogen and oxygen atoms in total. The van der Waals surface area contributed by atoms with Crippen LogP contribution in [-0.4, -0.2) is 65.6 Å². The molecule has 0 bridgehead atoms. The van der Waals surface area contributed by atoms with Crippen molar-refractivity contribution in [1.29, 1.82) is 0 Å². The van der Waals surface area contributed by atoms with Crippen LogP contribution in [0.2, 0.25) is 0 Å². The molecule has 2 saturated heterocycles. The standard InChI is InChI=1S/C13H27N3S/c1-12(2)15-6-4-13(10-14,11-15)16-5-3-8-17-9-7-16/h12H,3-11,14H2,1-2H3. The fourth-order valence-electron chi connectivity index (χ4n) is 3.10. The maximum Gasteiger partial charge on any atom is 0.0470 e. The molecule has 1 atom stereocenters. The van der Waals surface area contributed by atoms with E-state index in [1.165, 1.54) is 50.5 Å². The molecule has 100 valence electrons. The predicted molar refractivity (Wildman–Crippen MR) is 76.6 cm³/mol. The van der Waals surface area contributed by atoms with Crippen molar-refractivity contribution in [2.24, 2.45) is 5.73 Å². The van der Waals surface area contributed by atoms with Crippen LogP contribution in [0.15, 0.2) is 0 Å². The number of rotatable bonds is 3. The van der Waals surface area contributed by atoms with Crippen LogP contribution in [0.1, 0.15) is 26.7 Å². The van der Waals surface area contributed by atoms with Gasteiger partial charge >= 0.3 is 0 Å². The quantitative estimate of drug-likeness (QED) is 0.824. The Morgan fingerprint density at radius 3 is 2.71 bits per heavy atom. The summed E-state index contributed by atoms with van der Waals surface area (Å²) in [4.78, 5) is 5.28. The lowest BCUT2D eigenvalue weighted by Crippen LogP contribution is -2.56. The van der Waals surface area contributed by atoms with E-state index in [1.807, 2.05) is 0 Å². The highest BCUT2D eigenvalue weighted by Gasteiger charge is 2.42. The first-order chi connectivity index (χ1) is 8.18. The highest BCUT2D eigenvalue weighted by Crippen LogP contribution is 2.30. The number of hydrogen-bond donors (Lipinski definition) is 1. The van der Waals surface area contributed by atoms with E-state index in [0.29, 0.717) is 6.04 Å². The average Bonchev–Trinajstić information content (AvgIpc) is 2.59. The molecule has 0 saturated carbocycles. The van der Waals surface area contributed by atoms with E-state index in [2.05, 4.69) is 35.4 Å². The van der Waals surface area contributed by atoms with Crippen LogP contribution >= 0.6 is 11.8 Å². The Kier molecular flexibility index (Phi) is 4.75. The molecular weight excluding hydrogens is 230 g/mol. The Labute approximate surface area is 110 Å². The molecule has 2 heterocycles. The summed E-state index contributed by atoms with van der Waals surface area (Å²) in [6, 6.07) is 0.657. The average molecular weight is 257 g/mol. The third kappa shape index (κ3) is 2.98. The number of nitrogens with two attached hydrogens (primary N) is 1. The van der Waals surface area contributed by atoms with Crippen molar-refractivity contribution in [3.63, 3.8) is 0 Å². The van der Waals surface area contributed by atoms with Crippen LogP contribution in [0.5, 0.6) is 0 Å². The van der Waals surface area contributed by atoms with E-state index in [0.717, 1.165) is 6.54 Å². The van der Waals surface area contributed by atoms with Crippen molar-refractivity contribution >= 4 is 11.8 Å². The van der Waals surface area contributed by atoms with Crippen molar-refractivity contribution < 1.29 is 0 Å². The van der Waals surface area contributed by atoms with Gasteiger partial charge in [-0.15, -0.1) is 0 Å². The lowest BCUT2D eigenvalue weighted by molar-refractivity contribution is 0.103. The summed E-state index contributed by atoms with van der Waals surface area (Å²) in [6.45, 7) is 10.3. The van der Waals surface area contributed by atoms with E-state index in [-0.39, 0.29) is 5.54 Å². The van der Waals surface area contributed by atoms with Crippen LogP contribution in [0.4, 0.5) is 0 Å². The summed E-state index contributed by atoms with van der Waals surface area (Å²) in [7, 11) is 0. The van der Waals surface area contributed by atoms with Gasteiger partial charge in [0.1, 0.15) is 0 Å². The first kappa shape index (κ1) is 13.7. The summed E-state index contributed by atoms with van der Waals surface area (Å²) in [5, 5.41) is 0. The lowest BCUT2D eigenvalue weighted by Gasteiger charge is -2.40. The van der Waals surface area contributed by atoms with Crippen LogP contribution in [0.25, 0.3) is 0 Å². The zero-order valence-electron chi connectivity index (χ0n) is 11.3. The van der Waals surface area contributed by atoms with Crippen molar-refractivity contribution in [3.8, 4) is 0 Å². The zero-order valence-corrected chi connectivity index (χ0v) is 12.1. The zero-order chi connectivity index (χ0) is 12.3. The normalized spacial score (nSPS) is 33.2. The summed E-state index contributed by atoms with van der Waals surface area (Å²) in [6.07, 6.45) is 2.58. The smallest absolute Gasteiger partial charge is 0.0470 e. The molecule has 0 radical (unpaired) electrons. The minimum atomic E-state index is 0.273. The predicted octanol–water partition coefficient (Wildman–Crippen LogP) is 1.24. The number of thioether (sulfide) groups is 1. The summed E-state index contributed by atoms with van der Waals surface area (Å²) < 4.78 is 0. The molecule has 2 aliphatic heterocycles. The van der Waals surface area contributed by atoms with Crippen LogP contribution in [0, 0.1) is 0 Å². The maximum absolute atomic E-state index is 6.14. The van der Waals surface area contributed by atoms with Crippen molar-refractivity contribution in [3.05, 3.63) is 0 Å². The largest absolute Gasteiger partial charge is 0.329 e. The van der Waals surface area contributed by atoms with Gasteiger partial charge in [-0.2, -0.15) is 11.8 Å². The van der Waals surface area contributed by atoms with Crippen molar-refractivity contribution in [2.45, 2.75) is 38.3 Å².